The second-order valence-corrected chi connectivity index (χ2v) is 11.7. The predicted octanol–water partition coefficient (Wildman–Crippen LogP) is 9.84. The van der Waals surface area contributed by atoms with Crippen LogP contribution in [0.25, 0.3) is 0 Å². The van der Waals surface area contributed by atoms with E-state index in [9.17, 15) is 27.2 Å². The molecule has 0 unspecified atom stereocenters. The normalized spacial score (nSPS) is 12.5. The molecule has 0 atom stereocenters. The quantitative estimate of drug-likeness (QED) is 0.0554. The van der Waals surface area contributed by atoms with Gasteiger partial charge >= 0.3 is 21.7 Å². The molecular formula is C40H62F4N2O6Ti. The number of halogens is 4. The molecule has 2 aliphatic carbocycles. The first kappa shape index (κ1) is 55.0. The van der Waals surface area contributed by atoms with Gasteiger partial charge in [0.1, 0.15) is 13.6 Å². The van der Waals surface area contributed by atoms with Gasteiger partial charge in [-0.1, -0.05) is 64.2 Å². The zero-order chi connectivity index (χ0) is 37.0. The summed E-state index contributed by atoms with van der Waals surface area (Å²) in [5.41, 5.74) is 0.0772. The number of rotatable bonds is 16. The van der Waals surface area contributed by atoms with Crippen molar-refractivity contribution in [1.82, 2.24) is 0 Å². The van der Waals surface area contributed by atoms with Gasteiger partial charge in [-0.3, -0.25) is 9.59 Å². The van der Waals surface area contributed by atoms with E-state index in [2.05, 4.69) is 0 Å². The first-order valence-electron chi connectivity index (χ1n) is 17.7. The van der Waals surface area contributed by atoms with Gasteiger partial charge in [0.15, 0.2) is 0 Å². The number of nitrogens with zero attached hydrogens (tertiary/aromatic N) is 2. The number of amides is 2. The number of benzene rings is 2. The average molecular weight is 791 g/mol. The predicted molar refractivity (Wildman–Crippen MR) is 200 cm³/mol. The molecule has 0 heterocycles. The van der Waals surface area contributed by atoms with E-state index in [-0.39, 0.29) is 86.2 Å². The van der Waals surface area contributed by atoms with Crippen molar-refractivity contribution in [3.05, 3.63) is 74.5 Å². The Kier molecular flexibility index (Phi) is 36.7. The molecule has 0 aliphatic heterocycles. The topological polar surface area (TPSA) is 77.5 Å². The maximum absolute atomic E-state index is 13.6. The van der Waals surface area contributed by atoms with Crippen molar-refractivity contribution in [3.63, 3.8) is 0 Å². The van der Waals surface area contributed by atoms with Gasteiger partial charge in [-0.15, -0.1) is 36.4 Å². The van der Waals surface area contributed by atoms with Crippen LogP contribution in [0, 0.1) is 50.3 Å². The van der Waals surface area contributed by atoms with Crippen LogP contribution in [0.1, 0.15) is 104 Å². The molecule has 0 aromatic heterocycles. The standard InChI is InChI=1S/2C14H18F2NO3.2C5H10.2CH3.Ti/c2*1-3-17(13-7-6-11(15)9-12(13)16)14(18)5-4-8-20-10-19-2;2*1-2-4-5-3-1;;;/h2*6-7H,3-5,8,10H2,1-2H3;2*1-5H2;2*1H3;/q2*-1;;;2*-1;+4. The van der Waals surface area contributed by atoms with Crippen LogP contribution < -0.4 is 9.80 Å². The number of carbonyl (C=O) groups excluding carboxylic acids is 2. The van der Waals surface area contributed by atoms with E-state index in [0.29, 0.717) is 39.1 Å². The molecule has 2 aromatic carbocycles. The van der Waals surface area contributed by atoms with E-state index in [4.69, 9.17) is 18.9 Å². The van der Waals surface area contributed by atoms with Gasteiger partial charge in [0.05, 0.1) is 0 Å². The number of hydrogen-bond acceptors (Lipinski definition) is 6. The van der Waals surface area contributed by atoms with Crippen molar-refractivity contribution in [2.75, 3.05) is 63.9 Å². The largest absolute Gasteiger partial charge is 4.00 e. The molecule has 0 N–H and O–H groups in total. The fraction of sp³-hybridized carbons (Fsp3) is 0.600. The van der Waals surface area contributed by atoms with Crippen LogP contribution in [-0.2, 0) is 50.3 Å². The summed E-state index contributed by atoms with van der Waals surface area (Å²) in [5, 5.41) is 0. The Balaban J connectivity index is -0.000000710. The Bertz CT molecular complexity index is 1100. The van der Waals surface area contributed by atoms with E-state index < -0.39 is 23.3 Å². The summed E-state index contributed by atoms with van der Waals surface area (Å²) in [6.07, 6.45) is 16.4. The van der Waals surface area contributed by atoms with Crippen LogP contribution in [0.3, 0.4) is 0 Å². The number of hydrogen-bond donors (Lipinski definition) is 0. The first-order chi connectivity index (χ1) is 24.2. The number of carbonyl (C=O) groups is 2. The third-order valence-electron chi connectivity index (χ3n) is 7.76. The van der Waals surface area contributed by atoms with Crippen LogP contribution in [-0.4, -0.2) is 65.9 Å². The fourth-order valence-electron chi connectivity index (χ4n) is 5.22. The molecule has 53 heavy (non-hydrogen) atoms. The molecule has 2 aromatic rings. The SMILES string of the molecule is C1CCCC1.C1CCCC1.CCN(C(=O)CCCOCOC)c1ccc(F)[c-]c1F.CCN(C(=O)CCCOCOC)c1ccc(F)[c-]c1F.[CH3-].[CH3-].[Ti+4]. The second kappa shape index (κ2) is 35.4. The van der Waals surface area contributed by atoms with Gasteiger partial charge in [0.2, 0.25) is 11.8 Å². The fourth-order valence-corrected chi connectivity index (χ4v) is 5.22. The molecule has 13 heteroatoms. The van der Waals surface area contributed by atoms with E-state index in [0.717, 1.165) is 12.1 Å². The molecule has 0 spiro atoms. The summed E-state index contributed by atoms with van der Waals surface area (Å²) in [5.74, 6) is -3.79. The monoisotopic (exact) mass is 790 g/mol. The minimum absolute atomic E-state index is 0. The summed E-state index contributed by atoms with van der Waals surface area (Å²) < 4.78 is 72.4. The summed E-state index contributed by atoms with van der Waals surface area (Å²) >= 11 is 0. The zero-order valence-electron chi connectivity index (χ0n) is 32.8. The second-order valence-electron chi connectivity index (χ2n) is 11.7. The zero-order valence-corrected chi connectivity index (χ0v) is 34.4. The van der Waals surface area contributed by atoms with E-state index in [1.165, 1.54) is 100 Å². The van der Waals surface area contributed by atoms with E-state index in [1.54, 1.807) is 13.8 Å². The number of methoxy groups -OCH3 is 2. The molecule has 2 amide bonds. The minimum atomic E-state index is -0.865. The Labute approximate surface area is 332 Å². The van der Waals surface area contributed by atoms with Gasteiger partial charge in [0.25, 0.3) is 0 Å². The molecular weight excluding hydrogens is 728 g/mol. The van der Waals surface area contributed by atoms with Gasteiger partial charge in [0, 0.05) is 76.6 Å². The molecule has 4 rings (SSSR count). The third kappa shape index (κ3) is 24.6. The van der Waals surface area contributed by atoms with Crippen LogP contribution >= 0.6 is 0 Å². The van der Waals surface area contributed by atoms with E-state index >= 15 is 0 Å². The third-order valence-corrected chi connectivity index (χ3v) is 7.76. The molecule has 2 aliphatic rings. The average Bonchev–Trinajstić information content (AvgIpc) is 3.88. The van der Waals surface area contributed by atoms with Crippen molar-refractivity contribution >= 4 is 23.2 Å². The van der Waals surface area contributed by atoms with Crippen molar-refractivity contribution in [1.29, 1.82) is 0 Å². The summed E-state index contributed by atoms with van der Waals surface area (Å²) in [6, 6.07) is 8.49. The van der Waals surface area contributed by atoms with Crippen molar-refractivity contribution < 1.29 is 67.8 Å². The molecule has 0 radical (unpaired) electrons. The van der Waals surface area contributed by atoms with Gasteiger partial charge < -0.3 is 43.6 Å². The Morgan fingerprint density at radius 1 is 0.604 bits per heavy atom. The van der Waals surface area contributed by atoms with Crippen molar-refractivity contribution in [2.24, 2.45) is 0 Å². The van der Waals surface area contributed by atoms with Crippen LogP contribution in [0.15, 0.2) is 24.3 Å². The number of ether oxygens (including phenoxy) is 4. The molecule has 300 valence electrons. The van der Waals surface area contributed by atoms with Crippen LogP contribution in [0.2, 0.25) is 0 Å². The maximum Gasteiger partial charge on any atom is 4.00 e. The number of anilines is 2. The van der Waals surface area contributed by atoms with Crippen molar-refractivity contribution in [2.45, 2.75) is 104 Å². The Hall–Kier alpha value is -2.35. The molecule has 8 nitrogen and oxygen atoms in total. The van der Waals surface area contributed by atoms with Gasteiger partial charge in [-0.05, 0) is 38.1 Å². The molecule has 2 saturated carbocycles. The summed E-state index contributed by atoms with van der Waals surface area (Å²) in [4.78, 5) is 26.5. The van der Waals surface area contributed by atoms with E-state index in [1.807, 2.05) is 12.1 Å². The smallest absolute Gasteiger partial charge is 0.364 e. The van der Waals surface area contributed by atoms with Gasteiger partial charge in [-0.25, -0.2) is 17.6 Å². The summed E-state index contributed by atoms with van der Waals surface area (Å²) in [7, 11) is 3.02. The van der Waals surface area contributed by atoms with Crippen molar-refractivity contribution in [3.8, 4) is 0 Å². The first-order valence-corrected chi connectivity index (χ1v) is 17.7. The van der Waals surface area contributed by atoms with Gasteiger partial charge in [-0.2, -0.15) is 0 Å². The molecule has 0 bridgehead atoms. The van der Waals surface area contributed by atoms with Crippen LogP contribution in [0.4, 0.5) is 28.9 Å². The summed E-state index contributed by atoms with van der Waals surface area (Å²) in [6.45, 7) is 5.16. The Morgan fingerprint density at radius 2 is 0.906 bits per heavy atom. The maximum atomic E-state index is 13.6. The Morgan fingerprint density at radius 3 is 1.15 bits per heavy atom. The minimum Gasteiger partial charge on any atom is -0.364 e. The molecule has 2 fully saturated rings. The molecule has 0 saturated heterocycles. The van der Waals surface area contributed by atoms with Crippen LogP contribution in [0.5, 0.6) is 0 Å².